The fourth-order valence-corrected chi connectivity index (χ4v) is 2.47. The van der Waals surface area contributed by atoms with Crippen LogP contribution in [-0.2, 0) is 6.42 Å². The van der Waals surface area contributed by atoms with Crippen LogP contribution in [0.5, 0.6) is 0 Å². The average Bonchev–Trinajstić information content (AvgIpc) is 2.61. The van der Waals surface area contributed by atoms with Crippen molar-refractivity contribution in [2.24, 2.45) is 5.73 Å². The zero-order chi connectivity index (χ0) is 12.4. The Hall–Kier alpha value is -1.74. The van der Waals surface area contributed by atoms with E-state index < -0.39 is 0 Å². The zero-order valence-electron chi connectivity index (χ0n) is 10.3. The van der Waals surface area contributed by atoms with E-state index in [1.165, 1.54) is 12.8 Å². The van der Waals surface area contributed by atoms with E-state index >= 15 is 0 Å². The van der Waals surface area contributed by atoms with Gasteiger partial charge in [-0.1, -0.05) is 36.8 Å². The monoisotopic (exact) mass is 239 g/mol. The van der Waals surface area contributed by atoms with Crippen molar-refractivity contribution in [1.29, 1.82) is 0 Å². The lowest BCUT2D eigenvalue weighted by molar-refractivity contribution is 0.614. The van der Waals surface area contributed by atoms with E-state index in [1.54, 1.807) is 0 Å². The second-order valence-electron chi connectivity index (χ2n) is 4.81. The highest BCUT2D eigenvalue weighted by atomic mass is 14.9. The van der Waals surface area contributed by atoms with Crippen molar-refractivity contribution in [2.75, 3.05) is 0 Å². The molecule has 1 unspecified atom stereocenters. The minimum Gasteiger partial charge on any atom is -0.324 e. The molecule has 0 spiro atoms. The first-order valence-corrected chi connectivity index (χ1v) is 6.51. The largest absolute Gasteiger partial charge is 0.324 e. The van der Waals surface area contributed by atoms with Crippen LogP contribution in [0.2, 0.25) is 0 Å². The number of nitrogens with zero attached hydrogens (tertiary/aromatic N) is 2. The number of rotatable bonds is 1. The summed E-state index contributed by atoms with van der Waals surface area (Å²) in [5.41, 5.74) is 9.49. The highest BCUT2D eigenvalue weighted by molar-refractivity contribution is 5.54. The van der Waals surface area contributed by atoms with Crippen molar-refractivity contribution in [1.82, 2.24) is 9.97 Å². The lowest BCUT2D eigenvalue weighted by Gasteiger charge is -2.12. The summed E-state index contributed by atoms with van der Waals surface area (Å²) in [7, 11) is 0. The molecule has 2 N–H and O–H groups in total. The molecule has 2 aromatic rings. The molecule has 0 amide bonds. The molecule has 92 valence electrons. The zero-order valence-corrected chi connectivity index (χ0v) is 10.3. The Labute approximate surface area is 107 Å². The van der Waals surface area contributed by atoms with Crippen LogP contribution in [0.15, 0.2) is 36.5 Å². The molecule has 0 fully saturated rings. The maximum Gasteiger partial charge on any atom is 0.159 e. The molecule has 3 rings (SSSR count). The molecule has 1 aliphatic carbocycles. The number of benzene rings is 1. The molecule has 0 aliphatic heterocycles. The van der Waals surface area contributed by atoms with Crippen LogP contribution < -0.4 is 5.73 Å². The molecule has 0 saturated carbocycles. The SMILES string of the molecule is NC1CCCCc2nc(-c3ccccc3)ncc21. The first-order valence-electron chi connectivity index (χ1n) is 6.51. The number of aryl methyl sites for hydroxylation is 1. The van der Waals surface area contributed by atoms with Gasteiger partial charge in [-0.05, 0) is 19.3 Å². The Morgan fingerprint density at radius 2 is 1.94 bits per heavy atom. The predicted molar refractivity (Wildman–Crippen MR) is 72.0 cm³/mol. The lowest BCUT2D eigenvalue weighted by Crippen LogP contribution is -2.12. The summed E-state index contributed by atoms with van der Waals surface area (Å²) >= 11 is 0. The van der Waals surface area contributed by atoms with Crippen molar-refractivity contribution in [3.05, 3.63) is 47.8 Å². The predicted octanol–water partition coefficient (Wildman–Crippen LogP) is 2.87. The van der Waals surface area contributed by atoms with Crippen molar-refractivity contribution in [3.8, 4) is 11.4 Å². The first kappa shape index (κ1) is 11.4. The second-order valence-corrected chi connectivity index (χ2v) is 4.81. The summed E-state index contributed by atoms with van der Waals surface area (Å²) < 4.78 is 0. The molecule has 1 atom stereocenters. The Morgan fingerprint density at radius 1 is 1.11 bits per heavy atom. The van der Waals surface area contributed by atoms with Crippen LogP contribution in [0.1, 0.15) is 36.6 Å². The lowest BCUT2D eigenvalue weighted by atomic mass is 10.1. The number of hydrogen-bond donors (Lipinski definition) is 1. The normalized spacial score (nSPS) is 19.1. The highest BCUT2D eigenvalue weighted by Crippen LogP contribution is 2.26. The molecule has 1 aliphatic rings. The van der Waals surface area contributed by atoms with Gasteiger partial charge in [-0.2, -0.15) is 0 Å². The van der Waals surface area contributed by atoms with Crippen LogP contribution in [0, 0.1) is 0 Å². The van der Waals surface area contributed by atoms with Gasteiger partial charge in [-0.15, -0.1) is 0 Å². The van der Waals surface area contributed by atoms with E-state index in [0.717, 1.165) is 35.5 Å². The van der Waals surface area contributed by atoms with Crippen LogP contribution in [0.25, 0.3) is 11.4 Å². The van der Waals surface area contributed by atoms with E-state index in [-0.39, 0.29) is 6.04 Å². The van der Waals surface area contributed by atoms with E-state index in [4.69, 9.17) is 10.7 Å². The summed E-state index contributed by atoms with van der Waals surface area (Å²) in [4.78, 5) is 9.17. The first-order chi connectivity index (χ1) is 8.84. The number of nitrogens with two attached hydrogens (primary N) is 1. The van der Waals surface area contributed by atoms with E-state index in [9.17, 15) is 0 Å². The van der Waals surface area contributed by atoms with Crippen LogP contribution in [0.3, 0.4) is 0 Å². The van der Waals surface area contributed by atoms with Crippen LogP contribution in [0.4, 0.5) is 0 Å². The molecule has 1 aromatic heterocycles. The fourth-order valence-electron chi connectivity index (χ4n) is 2.47. The minimum absolute atomic E-state index is 0.104. The van der Waals surface area contributed by atoms with Gasteiger partial charge in [0.25, 0.3) is 0 Å². The van der Waals surface area contributed by atoms with E-state index in [1.807, 2.05) is 36.5 Å². The smallest absolute Gasteiger partial charge is 0.159 e. The quantitative estimate of drug-likeness (QED) is 0.778. The van der Waals surface area contributed by atoms with Crippen molar-refractivity contribution in [2.45, 2.75) is 31.7 Å². The fraction of sp³-hybridized carbons (Fsp3) is 0.333. The van der Waals surface area contributed by atoms with Gasteiger partial charge in [0.1, 0.15) is 0 Å². The molecule has 3 nitrogen and oxygen atoms in total. The van der Waals surface area contributed by atoms with E-state index in [0.29, 0.717) is 0 Å². The molecular weight excluding hydrogens is 222 g/mol. The van der Waals surface area contributed by atoms with Gasteiger partial charge < -0.3 is 5.73 Å². The summed E-state index contributed by atoms with van der Waals surface area (Å²) in [6, 6.07) is 10.2. The standard InChI is InChI=1S/C15H17N3/c16-13-8-4-5-9-14-12(13)10-17-15(18-14)11-6-2-1-3-7-11/h1-3,6-7,10,13H,4-5,8-9,16H2. The van der Waals surface area contributed by atoms with Gasteiger partial charge in [0, 0.05) is 29.1 Å². The molecule has 3 heteroatoms. The summed E-state index contributed by atoms with van der Waals surface area (Å²) in [5, 5.41) is 0. The van der Waals surface area contributed by atoms with Gasteiger partial charge >= 0.3 is 0 Å². The average molecular weight is 239 g/mol. The summed E-state index contributed by atoms with van der Waals surface area (Å²) in [6.45, 7) is 0. The van der Waals surface area contributed by atoms with Crippen molar-refractivity contribution >= 4 is 0 Å². The van der Waals surface area contributed by atoms with Crippen LogP contribution >= 0.6 is 0 Å². The summed E-state index contributed by atoms with van der Waals surface area (Å²) in [5.74, 6) is 0.809. The minimum atomic E-state index is 0.104. The Morgan fingerprint density at radius 3 is 2.78 bits per heavy atom. The Kier molecular flexibility index (Phi) is 3.07. The Balaban J connectivity index is 2.03. The molecule has 1 heterocycles. The number of hydrogen-bond acceptors (Lipinski definition) is 3. The highest BCUT2D eigenvalue weighted by Gasteiger charge is 2.17. The maximum atomic E-state index is 6.16. The maximum absolute atomic E-state index is 6.16. The van der Waals surface area contributed by atoms with Gasteiger partial charge in [0.15, 0.2) is 5.82 Å². The van der Waals surface area contributed by atoms with Gasteiger partial charge in [0.05, 0.1) is 0 Å². The van der Waals surface area contributed by atoms with Gasteiger partial charge in [-0.3, -0.25) is 0 Å². The van der Waals surface area contributed by atoms with Crippen molar-refractivity contribution < 1.29 is 0 Å². The number of aromatic nitrogens is 2. The molecule has 0 saturated heterocycles. The Bertz CT molecular complexity index is 537. The topological polar surface area (TPSA) is 51.8 Å². The third kappa shape index (κ3) is 2.14. The third-order valence-corrected chi connectivity index (χ3v) is 3.51. The molecule has 0 bridgehead atoms. The molecular formula is C15H17N3. The third-order valence-electron chi connectivity index (χ3n) is 3.51. The molecule has 0 radical (unpaired) electrons. The van der Waals surface area contributed by atoms with E-state index in [2.05, 4.69) is 4.98 Å². The number of fused-ring (bicyclic) bond motifs is 1. The second kappa shape index (κ2) is 4.86. The van der Waals surface area contributed by atoms with Crippen LogP contribution in [-0.4, -0.2) is 9.97 Å². The molecule has 1 aromatic carbocycles. The van der Waals surface area contributed by atoms with Gasteiger partial charge in [0.2, 0.25) is 0 Å². The summed E-state index contributed by atoms with van der Waals surface area (Å²) in [6.07, 6.45) is 6.33. The molecule has 18 heavy (non-hydrogen) atoms. The van der Waals surface area contributed by atoms with Crippen molar-refractivity contribution in [3.63, 3.8) is 0 Å². The van der Waals surface area contributed by atoms with Gasteiger partial charge in [-0.25, -0.2) is 9.97 Å².